The Hall–Kier alpha value is -2.29. The molecule has 10 heteroatoms. The van der Waals surface area contributed by atoms with E-state index in [1.54, 1.807) is 0 Å². The first-order valence-electron chi connectivity index (χ1n) is 14.3. The number of allylic oxidation sites excluding steroid dienone is 10. The van der Waals surface area contributed by atoms with Crippen molar-refractivity contribution in [3.63, 3.8) is 0 Å². The summed E-state index contributed by atoms with van der Waals surface area (Å²) < 4.78 is 26.2. The Bertz CT molecular complexity index is 851. The zero-order chi connectivity index (χ0) is 29.7. The molecule has 40 heavy (non-hydrogen) atoms. The van der Waals surface area contributed by atoms with Gasteiger partial charge in [0.15, 0.2) is 0 Å². The van der Waals surface area contributed by atoms with Crippen molar-refractivity contribution in [1.29, 1.82) is 0 Å². The van der Waals surface area contributed by atoms with Gasteiger partial charge in [-0.15, -0.1) is 0 Å². The van der Waals surface area contributed by atoms with Crippen molar-refractivity contribution in [3.05, 3.63) is 60.8 Å². The lowest BCUT2D eigenvalue weighted by molar-refractivity contribution is -0.147. The topological polar surface area (TPSA) is 131 Å². The minimum absolute atomic E-state index is 0.0476. The van der Waals surface area contributed by atoms with E-state index in [2.05, 4.69) is 66.9 Å². The fraction of sp³-hybridized carbons (Fsp3) is 0.600. The van der Waals surface area contributed by atoms with E-state index in [9.17, 15) is 24.2 Å². The highest BCUT2D eigenvalue weighted by Gasteiger charge is 2.23. The highest BCUT2D eigenvalue weighted by atomic mass is 31.2. The van der Waals surface area contributed by atoms with Gasteiger partial charge in [0.05, 0.1) is 13.2 Å². The molecule has 0 aromatic rings. The highest BCUT2D eigenvalue weighted by molar-refractivity contribution is 7.47. The van der Waals surface area contributed by atoms with E-state index >= 15 is 0 Å². The van der Waals surface area contributed by atoms with E-state index in [1.807, 2.05) is 13.0 Å². The van der Waals surface area contributed by atoms with Crippen LogP contribution < -0.4 is 5.32 Å². The van der Waals surface area contributed by atoms with Gasteiger partial charge >= 0.3 is 13.8 Å². The largest absolute Gasteiger partial charge is 0.472 e. The minimum atomic E-state index is -4.40. The number of aliphatic hydroxyl groups excluding tert-OH is 1. The molecule has 0 aromatic carbocycles. The van der Waals surface area contributed by atoms with E-state index in [0.29, 0.717) is 19.3 Å². The predicted molar refractivity (Wildman–Crippen MR) is 160 cm³/mol. The summed E-state index contributed by atoms with van der Waals surface area (Å²) in [5, 5.41) is 12.3. The van der Waals surface area contributed by atoms with Crippen molar-refractivity contribution in [3.8, 4) is 0 Å². The Labute approximate surface area is 240 Å². The van der Waals surface area contributed by atoms with Crippen LogP contribution in [0.4, 0.5) is 0 Å². The number of ether oxygens (including phenoxy) is 1. The second-order valence-electron chi connectivity index (χ2n) is 8.99. The summed E-state index contributed by atoms with van der Waals surface area (Å²) in [6, 6.07) is 0. The molecule has 0 radical (unpaired) electrons. The van der Waals surface area contributed by atoms with Crippen molar-refractivity contribution in [2.75, 3.05) is 26.4 Å². The number of hydrogen-bond donors (Lipinski definition) is 3. The van der Waals surface area contributed by atoms with E-state index < -0.39 is 26.5 Å². The molecule has 2 atom stereocenters. The lowest BCUT2D eigenvalue weighted by atomic mass is 10.2. The van der Waals surface area contributed by atoms with Crippen LogP contribution >= 0.6 is 7.82 Å². The minimum Gasteiger partial charge on any atom is -0.463 e. The Morgan fingerprint density at radius 2 is 1.38 bits per heavy atom. The molecule has 1 amide bonds. The number of esters is 1. The molecule has 0 saturated carbocycles. The summed E-state index contributed by atoms with van der Waals surface area (Å²) >= 11 is 0. The van der Waals surface area contributed by atoms with Gasteiger partial charge in [-0.2, -0.15) is 0 Å². The maximum Gasteiger partial charge on any atom is 0.472 e. The predicted octanol–water partition coefficient (Wildman–Crippen LogP) is 6.25. The Balaban J connectivity index is 3.76. The average Bonchev–Trinajstić information content (AvgIpc) is 2.93. The Morgan fingerprint density at radius 1 is 0.800 bits per heavy atom. The van der Waals surface area contributed by atoms with Gasteiger partial charge in [-0.05, 0) is 51.4 Å². The number of nitrogens with one attached hydrogen (secondary N) is 1. The van der Waals surface area contributed by atoms with Crippen LogP contribution in [0.3, 0.4) is 0 Å². The number of phosphoric ester groups is 1. The van der Waals surface area contributed by atoms with Gasteiger partial charge in [0, 0.05) is 19.4 Å². The number of unbranched alkanes of at least 4 members (excludes halogenated alkanes) is 2. The molecule has 3 N–H and O–H groups in total. The summed E-state index contributed by atoms with van der Waals surface area (Å²) in [6.07, 6.45) is 28.5. The second kappa shape index (κ2) is 26.9. The zero-order valence-corrected chi connectivity index (χ0v) is 25.1. The number of carbonyl (C=O) groups is 2. The third-order valence-corrected chi connectivity index (χ3v) is 6.20. The van der Waals surface area contributed by atoms with Crippen molar-refractivity contribution >= 4 is 19.7 Å². The average molecular weight is 584 g/mol. The van der Waals surface area contributed by atoms with Crippen molar-refractivity contribution in [2.24, 2.45) is 0 Å². The molecule has 0 saturated heterocycles. The van der Waals surface area contributed by atoms with Crippen LogP contribution in [-0.4, -0.2) is 54.3 Å². The maximum absolute atomic E-state index is 11.9. The molecule has 0 spiro atoms. The number of aliphatic hydroxyl groups is 1. The van der Waals surface area contributed by atoms with Crippen LogP contribution in [0.2, 0.25) is 0 Å². The lowest BCUT2D eigenvalue weighted by Crippen LogP contribution is -2.27. The van der Waals surface area contributed by atoms with E-state index in [-0.39, 0.29) is 32.1 Å². The first-order chi connectivity index (χ1) is 19.3. The first kappa shape index (κ1) is 37.7. The normalized spacial score (nSPS) is 14.6. The van der Waals surface area contributed by atoms with Gasteiger partial charge in [0.2, 0.25) is 5.91 Å². The first-order valence-corrected chi connectivity index (χ1v) is 15.8. The number of phosphoric acid groups is 1. The van der Waals surface area contributed by atoms with E-state index in [1.165, 1.54) is 0 Å². The van der Waals surface area contributed by atoms with Crippen LogP contribution in [0.5, 0.6) is 0 Å². The zero-order valence-electron chi connectivity index (χ0n) is 24.2. The van der Waals surface area contributed by atoms with Crippen molar-refractivity contribution < 1.29 is 37.9 Å². The number of amides is 1. The van der Waals surface area contributed by atoms with E-state index in [0.717, 1.165) is 44.9 Å². The number of rotatable bonds is 25. The van der Waals surface area contributed by atoms with Gasteiger partial charge in [0.25, 0.3) is 0 Å². The SMILES string of the molecule is CC/C=C\C/C=C\C/C=C\C/C=C\C/C=C\CCCC(=O)NCCOP(=O)(O)OCC(O)COC(=O)CCCC. The molecule has 0 aromatic heterocycles. The number of carbonyl (C=O) groups excluding carboxylic acids is 2. The molecule has 0 aliphatic heterocycles. The fourth-order valence-corrected chi connectivity index (χ4v) is 3.79. The van der Waals surface area contributed by atoms with Crippen molar-refractivity contribution in [1.82, 2.24) is 5.32 Å². The second-order valence-corrected chi connectivity index (χ2v) is 10.4. The molecule has 0 aliphatic carbocycles. The third kappa shape index (κ3) is 27.3. The van der Waals surface area contributed by atoms with Crippen LogP contribution in [-0.2, 0) is 27.9 Å². The molecule has 0 bridgehead atoms. The van der Waals surface area contributed by atoms with Crippen LogP contribution in [0, 0.1) is 0 Å². The summed E-state index contributed by atoms with van der Waals surface area (Å²) in [6.45, 7) is 3.03. The summed E-state index contributed by atoms with van der Waals surface area (Å²) in [5.74, 6) is -0.622. The molecule has 0 rings (SSSR count). The maximum atomic E-state index is 11.9. The number of hydrogen-bond acceptors (Lipinski definition) is 7. The van der Waals surface area contributed by atoms with Gasteiger partial charge in [0.1, 0.15) is 12.7 Å². The van der Waals surface area contributed by atoms with Gasteiger partial charge in [-0.25, -0.2) is 4.57 Å². The van der Waals surface area contributed by atoms with Gasteiger partial charge < -0.3 is 20.1 Å². The molecule has 9 nitrogen and oxygen atoms in total. The Kier molecular flexibility index (Phi) is 25.4. The molecule has 0 fully saturated rings. The summed E-state index contributed by atoms with van der Waals surface area (Å²) in [5.41, 5.74) is 0. The standard InChI is InChI=1S/C30H50NO8P/c1-3-5-7-8-9-10-11-12-13-14-15-16-17-18-19-20-21-22-29(33)31-24-25-38-40(35,36)39-27-28(32)26-37-30(34)23-6-4-2/h5,7,9-10,12-13,15-16,18-19,28,32H,3-4,6,8,11,14,17,20-27H2,1-2H3,(H,31,33)(H,35,36)/b7-5-,10-9-,13-12-,16-15-,19-18-. The highest BCUT2D eigenvalue weighted by Crippen LogP contribution is 2.42. The van der Waals surface area contributed by atoms with Gasteiger partial charge in [-0.3, -0.25) is 18.6 Å². The quantitative estimate of drug-likeness (QED) is 0.0497. The van der Waals surface area contributed by atoms with E-state index in [4.69, 9.17) is 13.8 Å². The van der Waals surface area contributed by atoms with Crippen LogP contribution in [0.1, 0.15) is 84.5 Å². The molecule has 228 valence electrons. The summed E-state index contributed by atoms with van der Waals surface area (Å²) in [4.78, 5) is 32.9. The van der Waals surface area contributed by atoms with Crippen LogP contribution in [0.25, 0.3) is 0 Å². The monoisotopic (exact) mass is 583 g/mol. The summed E-state index contributed by atoms with van der Waals surface area (Å²) in [7, 11) is -4.40. The van der Waals surface area contributed by atoms with Crippen LogP contribution in [0.15, 0.2) is 60.8 Å². The van der Waals surface area contributed by atoms with Gasteiger partial charge in [-0.1, -0.05) is 81.0 Å². The molecule has 0 heterocycles. The fourth-order valence-electron chi connectivity index (χ4n) is 3.04. The molecular weight excluding hydrogens is 533 g/mol. The third-order valence-electron chi connectivity index (χ3n) is 5.21. The smallest absolute Gasteiger partial charge is 0.463 e. The lowest BCUT2D eigenvalue weighted by Gasteiger charge is -2.15. The molecule has 0 aliphatic rings. The molecule has 2 unspecified atom stereocenters. The molecular formula is C30H50NO8P. The Morgan fingerprint density at radius 3 is 1.95 bits per heavy atom. The van der Waals surface area contributed by atoms with Crippen molar-refractivity contribution in [2.45, 2.75) is 90.6 Å².